The van der Waals surface area contributed by atoms with E-state index < -0.39 is 0 Å². The van der Waals surface area contributed by atoms with Gasteiger partial charge in [0.2, 0.25) is 0 Å². The third kappa shape index (κ3) is 2.79. The van der Waals surface area contributed by atoms with Gasteiger partial charge in [-0.15, -0.1) is 0 Å². The molecule has 2 aromatic rings. The predicted molar refractivity (Wildman–Crippen MR) is 80.2 cm³/mol. The SMILES string of the molecule is CCCOc1cccc(-c2nn(C(C)C)c(C)c2O)c1. The lowest BCUT2D eigenvalue weighted by atomic mass is 10.1. The van der Waals surface area contributed by atoms with Crippen LogP contribution in [0.15, 0.2) is 24.3 Å². The summed E-state index contributed by atoms with van der Waals surface area (Å²) in [7, 11) is 0. The number of aromatic hydroxyl groups is 1. The Bertz CT molecular complexity index is 588. The van der Waals surface area contributed by atoms with E-state index in [1.807, 2.05) is 49.7 Å². The van der Waals surface area contributed by atoms with Crippen molar-refractivity contribution >= 4 is 0 Å². The number of aromatic nitrogens is 2. The minimum absolute atomic E-state index is 0.217. The van der Waals surface area contributed by atoms with Gasteiger partial charge in [0.05, 0.1) is 12.3 Å². The van der Waals surface area contributed by atoms with Crippen LogP contribution in [0.1, 0.15) is 38.9 Å². The largest absolute Gasteiger partial charge is 0.504 e. The Labute approximate surface area is 120 Å². The van der Waals surface area contributed by atoms with E-state index in [2.05, 4.69) is 12.0 Å². The molecule has 0 aliphatic carbocycles. The molecule has 0 amide bonds. The highest BCUT2D eigenvalue weighted by atomic mass is 16.5. The molecule has 0 bridgehead atoms. The molecule has 1 N–H and O–H groups in total. The van der Waals surface area contributed by atoms with E-state index in [4.69, 9.17) is 4.74 Å². The van der Waals surface area contributed by atoms with Crippen molar-refractivity contribution in [3.63, 3.8) is 0 Å². The van der Waals surface area contributed by atoms with E-state index in [9.17, 15) is 5.11 Å². The summed E-state index contributed by atoms with van der Waals surface area (Å²) >= 11 is 0. The maximum atomic E-state index is 10.3. The third-order valence-electron chi connectivity index (χ3n) is 3.19. The van der Waals surface area contributed by atoms with E-state index in [0.717, 1.165) is 23.4 Å². The molecule has 1 heterocycles. The minimum Gasteiger partial charge on any atom is -0.504 e. The fourth-order valence-electron chi connectivity index (χ4n) is 2.16. The smallest absolute Gasteiger partial charge is 0.164 e. The first-order valence-corrected chi connectivity index (χ1v) is 7.05. The second kappa shape index (κ2) is 5.99. The van der Waals surface area contributed by atoms with E-state index in [-0.39, 0.29) is 11.8 Å². The van der Waals surface area contributed by atoms with Crippen LogP contribution in [0.4, 0.5) is 0 Å². The number of hydrogen-bond acceptors (Lipinski definition) is 3. The third-order valence-corrected chi connectivity index (χ3v) is 3.19. The summed E-state index contributed by atoms with van der Waals surface area (Å²) < 4.78 is 7.46. The van der Waals surface area contributed by atoms with Crippen LogP contribution in [0.2, 0.25) is 0 Å². The highest BCUT2D eigenvalue weighted by Gasteiger charge is 2.17. The minimum atomic E-state index is 0.217. The Hall–Kier alpha value is -1.97. The molecule has 0 saturated carbocycles. The molecule has 1 aromatic carbocycles. The van der Waals surface area contributed by atoms with Gasteiger partial charge in [-0.3, -0.25) is 4.68 Å². The number of rotatable bonds is 5. The summed E-state index contributed by atoms with van der Waals surface area (Å²) in [6, 6.07) is 7.91. The number of benzene rings is 1. The van der Waals surface area contributed by atoms with Crippen LogP contribution in [-0.4, -0.2) is 21.5 Å². The zero-order valence-electron chi connectivity index (χ0n) is 12.6. The zero-order chi connectivity index (χ0) is 14.7. The summed E-state index contributed by atoms with van der Waals surface area (Å²) in [5.41, 5.74) is 2.27. The standard InChI is InChI=1S/C16H22N2O2/c1-5-9-20-14-8-6-7-13(10-14)15-16(19)12(4)18(17-15)11(2)3/h6-8,10-11,19H,5,9H2,1-4H3. The Balaban J connectivity index is 2.39. The van der Waals surface area contributed by atoms with Crippen LogP contribution < -0.4 is 4.74 Å². The molecule has 0 aliphatic heterocycles. The van der Waals surface area contributed by atoms with Crippen LogP contribution in [0.5, 0.6) is 11.5 Å². The van der Waals surface area contributed by atoms with Crippen LogP contribution in [-0.2, 0) is 0 Å². The molecule has 0 radical (unpaired) electrons. The topological polar surface area (TPSA) is 47.3 Å². The number of hydrogen-bond donors (Lipinski definition) is 1. The Morgan fingerprint density at radius 3 is 2.70 bits per heavy atom. The van der Waals surface area contributed by atoms with Gasteiger partial charge in [0, 0.05) is 11.6 Å². The molecule has 2 rings (SSSR count). The summed E-state index contributed by atoms with van der Waals surface area (Å²) in [4.78, 5) is 0. The number of ether oxygens (including phenoxy) is 1. The van der Waals surface area contributed by atoms with Crippen molar-refractivity contribution in [2.24, 2.45) is 0 Å². The monoisotopic (exact) mass is 274 g/mol. The Kier molecular flexibility index (Phi) is 4.32. The van der Waals surface area contributed by atoms with Gasteiger partial charge in [0.1, 0.15) is 11.4 Å². The molecule has 108 valence electrons. The molecule has 1 aromatic heterocycles. The van der Waals surface area contributed by atoms with Gasteiger partial charge >= 0.3 is 0 Å². The summed E-state index contributed by atoms with van der Waals surface area (Å²) in [5, 5.41) is 14.8. The Morgan fingerprint density at radius 2 is 2.10 bits per heavy atom. The quantitative estimate of drug-likeness (QED) is 0.898. The second-order valence-corrected chi connectivity index (χ2v) is 5.20. The molecule has 0 atom stereocenters. The van der Waals surface area contributed by atoms with Gasteiger partial charge in [0.25, 0.3) is 0 Å². The van der Waals surface area contributed by atoms with Crippen LogP contribution in [0, 0.1) is 6.92 Å². The first-order chi connectivity index (χ1) is 9.54. The molecule has 0 fully saturated rings. The lowest BCUT2D eigenvalue weighted by Crippen LogP contribution is -2.04. The molecule has 0 spiro atoms. The summed E-state index contributed by atoms with van der Waals surface area (Å²) in [6.45, 7) is 8.73. The molecule has 0 aliphatic rings. The van der Waals surface area contributed by atoms with Crippen molar-refractivity contribution in [2.75, 3.05) is 6.61 Å². The molecule has 4 heteroatoms. The highest BCUT2D eigenvalue weighted by molar-refractivity contribution is 5.68. The zero-order valence-corrected chi connectivity index (χ0v) is 12.6. The normalized spacial score (nSPS) is 11.1. The van der Waals surface area contributed by atoms with Crippen LogP contribution in [0.25, 0.3) is 11.3 Å². The van der Waals surface area contributed by atoms with Crippen molar-refractivity contribution in [2.45, 2.75) is 40.2 Å². The molecular formula is C16H22N2O2. The molecular weight excluding hydrogens is 252 g/mol. The predicted octanol–water partition coefficient (Wildman–Crippen LogP) is 3.93. The van der Waals surface area contributed by atoms with Gasteiger partial charge in [-0.05, 0) is 39.3 Å². The first-order valence-electron chi connectivity index (χ1n) is 7.05. The fraction of sp³-hybridized carbons (Fsp3) is 0.438. The first kappa shape index (κ1) is 14.4. The van der Waals surface area contributed by atoms with Crippen molar-refractivity contribution < 1.29 is 9.84 Å². The fourth-order valence-corrected chi connectivity index (χ4v) is 2.16. The van der Waals surface area contributed by atoms with Crippen molar-refractivity contribution in [3.05, 3.63) is 30.0 Å². The van der Waals surface area contributed by atoms with Crippen molar-refractivity contribution in [1.29, 1.82) is 0 Å². The van der Waals surface area contributed by atoms with Crippen molar-refractivity contribution in [1.82, 2.24) is 9.78 Å². The maximum Gasteiger partial charge on any atom is 0.164 e. The molecule has 0 saturated heterocycles. The van der Waals surface area contributed by atoms with E-state index in [1.54, 1.807) is 0 Å². The molecule has 0 unspecified atom stereocenters. The van der Waals surface area contributed by atoms with Crippen LogP contribution >= 0.6 is 0 Å². The maximum absolute atomic E-state index is 10.3. The van der Waals surface area contributed by atoms with E-state index in [0.29, 0.717) is 12.3 Å². The molecule has 4 nitrogen and oxygen atoms in total. The summed E-state index contributed by atoms with van der Waals surface area (Å²) in [6.07, 6.45) is 0.969. The Morgan fingerprint density at radius 1 is 1.35 bits per heavy atom. The van der Waals surface area contributed by atoms with Gasteiger partial charge < -0.3 is 9.84 Å². The second-order valence-electron chi connectivity index (χ2n) is 5.20. The van der Waals surface area contributed by atoms with Crippen LogP contribution in [0.3, 0.4) is 0 Å². The van der Waals surface area contributed by atoms with Gasteiger partial charge in [-0.2, -0.15) is 5.10 Å². The average Bonchev–Trinajstić information content (AvgIpc) is 2.74. The lowest BCUT2D eigenvalue weighted by Gasteiger charge is -2.07. The van der Waals surface area contributed by atoms with Gasteiger partial charge in [-0.1, -0.05) is 19.1 Å². The van der Waals surface area contributed by atoms with Gasteiger partial charge in [0.15, 0.2) is 5.75 Å². The lowest BCUT2D eigenvalue weighted by molar-refractivity contribution is 0.317. The van der Waals surface area contributed by atoms with Gasteiger partial charge in [-0.25, -0.2) is 0 Å². The van der Waals surface area contributed by atoms with E-state index in [1.165, 1.54) is 0 Å². The molecule has 20 heavy (non-hydrogen) atoms. The summed E-state index contributed by atoms with van der Waals surface area (Å²) in [5.74, 6) is 1.05. The average molecular weight is 274 g/mol. The van der Waals surface area contributed by atoms with Crippen molar-refractivity contribution in [3.8, 4) is 22.8 Å². The highest BCUT2D eigenvalue weighted by Crippen LogP contribution is 2.33. The van der Waals surface area contributed by atoms with E-state index >= 15 is 0 Å². The number of nitrogens with zero attached hydrogens (tertiary/aromatic N) is 2.